The van der Waals surface area contributed by atoms with Crippen molar-refractivity contribution in [3.8, 4) is 5.75 Å². The minimum absolute atomic E-state index is 0.0376. The summed E-state index contributed by atoms with van der Waals surface area (Å²) in [6.07, 6.45) is 1.12. The lowest BCUT2D eigenvalue weighted by Gasteiger charge is -2.25. The van der Waals surface area contributed by atoms with E-state index in [-0.39, 0.29) is 24.2 Å². The maximum absolute atomic E-state index is 12.9. The van der Waals surface area contributed by atoms with Crippen LogP contribution in [-0.4, -0.2) is 40.6 Å². The highest BCUT2D eigenvalue weighted by atomic mass is 16.5. The topological polar surface area (TPSA) is 87.3 Å². The standard InChI is InChI=1S/C23H34N4O3/c1-7-20-19(12-17-9-8-10-18(11-17)30-6)22(28)26-21(25-20)14-27(13-15(2)3)23(29)24-16(4)5/h8-11,15-16H,7,12-14H2,1-6H3,(H,24,29)(H,25,26,28). The number of aromatic nitrogens is 2. The molecule has 7 nitrogen and oxygen atoms in total. The van der Waals surface area contributed by atoms with E-state index in [0.717, 1.165) is 17.0 Å². The summed E-state index contributed by atoms with van der Waals surface area (Å²) in [6, 6.07) is 7.56. The van der Waals surface area contributed by atoms with Gasteiger partial charge < -0.3 is 19.9 Å². The highest BCUT2D eigenvalue weighted by molar-refractivity contribution is 5.74. The van der Waals surface area contributed by atoms with Crippen molar-refractivity contribution in [1.29, 1.82) is 0 Å². The lowest BCUT2D eigenvalue weighted by molar-refractivity contribution is 0.183. The van der Waals surface area contributed by atoms with Crippen molar-refractivity contribution in [1.82, 2.24) is 20.2 Å². The van der Waals surface area contributed by atoms with Crippen molar-refractivity contribution in [2.24, 2.45) is 5.92 Å². The number of amides is 2. The van der Waals surface area contributed by atoms with E-state index < -0.39 is 0 Å². The van der Waals surface area contributed by atoms with Crippen LogP contribution in [-0.2, 0) is 19.4 Å². The predicted molar refractivity (Wildman–Crippen MR) is 119 cm³/mol. The van der Waals surface area contributed by atoms with Gasteiger partial charge in [-0.25, -0.2) is 9.78 Å². The number of methoxy groups -OCH3 is 1. The summed E-state index contributed by atoms with van der Waals surface area (Å²) in [6.45, 7) is 10.8. The largest absolute Gasteiger partial charge is 0.497 e. The molecule has 164 valence electrons. The molecule has 1 aromatic heterocycles. The second-order valence-corrected chi connectivity index (χ2v) is 8.20. The number of hydrogen-bond donors (Lipinski definition) is 2. The molecule has 7 heteroatoms. The fourth-order valence-electron chi connectivity index (χ4n) is 3.31. The van der Waals surface area contributed by atoms with Gasteiger partial charge in [-0.15, -0.1) is 0 Å². The number of hydrogen-bond acceptors (Lipinski definition) is 4. The Kier molecular flexibility index (Phi) is 8.45. The molecule has 2 N–H and O–H groups in total. The number of nitrogens with one attached hydrogen (secondary N) is 2. The predicted octanol–water partition coefficient (Wildman–Crippen LogP) is 3.51. The molecule has 2 aromatic rings. The fraction of sp³-hybridized carbons (Fsp3) is 0.522. The number of carbonyl (C=O) groups is 1. The molecule has 1 heterocycles. The Morgan fingerprint density at radius 1 is 1.27 bits per heavy atom. The molecule has 0 saturated carbocycles. The van der Waals surface area contributed by atoms with E-state index in [4.69, 9.17) is 9.72 Å². The van der Waals surface area contributed by atoms with Crippen molar-refractivity contribution in [3.63, 3.8) is 0 Å². The molecule has 0 aliphatic carbocycles. The Morgan fingerprint density at radius 2 is 2.00 bits per heavy atom. The van der Waals surface area contributed by atoms with Crippen LogP contribution in [0.3, 0.4) is 0 Å². The number of nitrogens with zero attached hydrogens (tertiary/aromatic N) is 2. The summed E-state index contributed by atoms with van der Waals surface area (Å²) in [5.74, 6) is 1.56. The average molecular weight is 415 g/mol. The molecule has 0 bridgehead atoms. The Balaban J connectivity index is 2.30. The van der Waals surface area contributed by atoms with Crippen LogP contribution < -0.4 is 15.6 Å². The first kappa shape index (κ1) is 23.4. The number of urea groups is 1. The molecule has 1 aromatic carbocycles. The zero-order chi connectivity index (χ0) is 22.3. The van der Waals surface area contributed by atoms with Crippen molar-refractivity contribution < 1.29 is 9.53 Å². The first-order valence-electron chi connectivity index (χ1n) is 10.5. The summed E-state index contributed by atoms with van der Waals surface area (Å²) >= 11 is 0. The monoisotopic (exact) mass is 414 g/mol. The first-order chi connectivity index (χ1) is 14.2. The number of H-pyrrole nitrogens is 1. The molecule has 0 unspecified atom stereocenters. The van der Waals surface area contributed by atoms with Crippen LogP contribution in [0.25, 0.3) is 0 Å². The van der Waals surface area contributed by atoms with Gasteiger partial charge in [0.2, 0.25) is 0 Å². The lowest BCUT2D eigenvalue weighted by atomic mass is 10.0. The quantitative estimate of drug-likeness (QED) is 0.657. The Labute approximate surface area is 178 Å². The number of benzene rings is 1. The maximum atomic E-state index is 12.9. The molecule has 0 radical (unpaired) electrons. The highest BCUT2D eigenvalue weighted by Gasteiger charge is 2.19. The number of ether oxygens (including phenoxy) is 1. The van der Waals surface area contributed by atoms with Crippen molar-refractivity contribution in [2.75, 3.05) is 13.7 Å². The van der Waals surface area contributed by atoms with Crippen molar-refractivity contribution in [2.45, 2.75) is 60.0 Å². The second kappa shape index (κ2) is 10.8. The van der Waals surface area contributed by atoms with Gasteiger partial charge in [0.1, 0.15) is 11.6 Å². The van der Waals surface area contributed by atoms with Gasteiger partial charge in [-0.2, -0.15) is 0 Å². The van der Waals surface area contributed by atoms with Gasteiger partial charge in [0.05, 0.1) is 19.3 Å². The molecule has 0 spiro atoms. The molecule has 2 rings (SSSR count). The van der Waals surface area contributed by atoms with Crippen molar-refractivity contribution in [3.05, 3.63) is 57.3 Å². The van der Waals surface area contributed by atoms with Crippen LogP contribution in [0.1, 0.15) is 57.3 Å². The molecular formula is C23H34N4O3. The molecule has 30 heavy (non-hydrogen) atoms. The van der Waals surface area contributed by atoms with E-state index in [0.29, 0.717) is 36.7 Å². The SMILES string of the molecule is CCc1nc(CN(CC(C)C)C(=O)NC(C)C)[nH]c(=O)c1Cc1cccc(OC)c1. The molecule has 0 aliphatic rings. The van der Waals surface area contributed by atoms with E-state index in [1.807, 2.05) is 45.0 Å². The van der Waals surface area contributed by atoms with Crippen molar-refractivity contribution >= 4 is 6.03 Å². The normalized spacial score (nSPS) is 11.1. The van der Waals surface area contributed by atoms with Gasteiger partial charge in [0, 0.05) is 24.6 Å². The average Bonchev–Trinajstić information content (AvgIpc) is 2.68. The Hall–Kier alpha value is -2.83. The number of aryl methyl sites for hydroxylation is 1. The van der Waals surface area contributed by atoms with E-state index >= 15 is 0 Å². The van der Waals surface area contributed by atoms with Gasteiger partial charge >= 0.3 is 6.03 Å². The summed E-state index contributed by atoms with van der Waals surface area (Å²) in [7, 11) is 1.62. The van der Waals surface area contributed by atoms with Crippen LogP contribution >= 0.6 is 0 Å². The van der Waals surface area contributed by atoms with Gasteiger partial charge in [0.25, 0.3) is 5.56 Å². The molecule has 2 amide bonds. The minimum atomic E-state index is -0.159. The van der Waals surface area contributed by atoms with Crippen LogP contribution in [0.2, 0.25) is 0 Å². The van der Waals surface area contributed by atoms with Crippen LogP contribution in [0.4, 0.5) is 4.79 Å². The Bertz CT molecular complexity index is 906. The molecular weight excluding hydrogens is 380 g/mol. The number of aromatic amines is 1. The van der Waals surface area contributed by atoms with E-state index in [2.05, 4.69) is 24.1 Å². The summed E-state index contributed by atoms with van der Waals surface area (Å²) < 4.78 is 5.28. The van der Waals surface area contributed by atoms with Crippen LogP contribution in [0.5, 0.6) is 5.75 Å². The summed E-state index contributed by atoms with van der Waals surface area (Å²) in [4.78, 5) is 34.7. The second-order valence-electron chi connectivity index (χ2n) is 8.20. The highest BCUT2D eigenvalue weighted by Crippen LogP contribution is 2.16. The zero-order valence-corrected chi connectivity index (χ0v) is 18.9. The molecule has 0 aliphatic heterocycles. The molecule has 0 fully saturated rings. The first-order valence-corrected chi connectivity index (χ1v) is 10.5. The summed E-state index contributed by atoms with van der Waals surface area (Å²) in [5, 5.41) is 2.92. The van der Waals surface area contributed by atoms with E-state index in [1.54, 1.807) is 12.0 Å². The third-order valence-electron chi connectivity index (χ3n) is 4.63. The number of carbonyl (C=O) groups excluding carboxylic acids is 1. The van der Waals surface area contributed by atoms with Gasteiger partial charge in [-0.3, -0.25) is 4.79 Å². The summed E-state index contributed by atoms with van der Waals surface area (Å²) in [5.41, 5.74) is 2.23. The fourth-order valence-corrected chi connectivity index (χ4v) is 3.31. The minimum Gasteiger partial charge on any atom is -0.497 e. The third-order valence-corrected chi connectivity index (χ3v) is 4.63. The number of rotatable bonds is 9. The maximum Gasteiger partial charge on any atom is 0.318 e. The van der Waals surface area contributed by atoms with Gasteiger partial charge in [-0.05, 0) is 43.9 Å². The van der Waals surface area contributed by atoms with Gasteiger partial charge in [-0.1, -0.05) is 32.9 Å². The zero-order valence-electron chi connectivity index (χ0n) is 18.9. The van der Waals surface area contributed by atoms with E-state index in [9.17, 15) is 9.59 Å². The van der Waals surface area contributed by atoms with Gasteiger partial charge in [0.15, 0.2) is 0 Å². The smallest absolute Gasteiger partial charge is 0.318 e. The lowest BCUT2D eigenvalue weighted by Crippen LogP contribution is -2.44. The van der Waals surface area contributed by atoms with E-state index in [1.165, 1.54) is 0 Å². The van der Waals surface area contributed by atoms with Crippen LogP contribution in [0, 0.1) is 5.92 Å². The molecule has 0 saturated heterocycles. The molecule has 0 atom stereocenters. The third kappa shape index (κ3) is 6.61. The van der Waals surface area contributed by atoms with Crippen LogP contribution in [0.15, 0.2) is 29.1 Å². The Morgan fingerprint density at radius 3 is 2.60 bits per heavy atom.